The maximum Gasteiger partial charge on any atom is 0.410 e. The molecular formula is C37H40N2O5. The Balaban J connectivity index is 1.45. The van der Waals surface area contributed by atoms with Crippen molar-refractivity contribution in [3.63, 3.8) is 0 Å². The Labute approximate surface area is 259 Å². The second kappa shape index (κ2) is 12.9. The Bertz CT molecular complexity index is 1620. The fourth-order valence-electron chi connectivity index (χ4n) is 6.17. The quantitative estimate of drug-likeness (QED) is 0.237. The van der Waals surface area contributed by atoms with Crippen molar-refractivity contribution in [3.8, 4) is 0 Å². The Hall–Kier alpha value is -4.65. The summed E-state index contributed by atoms with van der Waals surface area (Å²) in [6, 6.07) is 30.4. The third kappa shape index (κ3) is 6.94. The number of hydrogen-bond acceptors (Lipinski definition) is 4. The Kier molecular flexibility index (Phi) is 9.04. The van der Waals surface area contributed by atoms with Crippen molar-refractivity contribution in [2.24, 2.45) is 5.92 Å². The number of benzene rings is 4. The van der Waals surface area contributed by atoms with Crippen molar-refractivity contribution in [2.45, 2.75) is 51.7 Å². The van der Waals surface area contributed by atoms with E-state index in [0.29, 0.717) is 31.6 Å². The zero-order valence-corrected chi connectivity index (χ0v) is 25.8. The number of carboxylic acids is 1. The number of carbonyl (C=O) groups is 3. The van der Waals surface area contributed by atoms with Crippen molar-refractivity contribution < 1.29 is 24.2 Å². The highest BCUT2D eigenvalue weighted by Gasteiger charge is 2.37. The predicted molar refractivity (Wildman–Crippen MR) is 172 cm³/mol. The van der Waals surface area contributed by atoms with Gasteiger partial charge in [-0.1, -0.05) is 72.8 Å². The van der Waals surface area contributed by atoms with Crippen LogP contribution in [-0.4, -0.2) is 58.1 Å². The summed E-state index contributed by atoms with van der Waals surface area (Å²) in [6.07, 6.45) is 0.335. The monoisotopic (exact) mass is 592 g/mol. The minimum Gasteiger partial charge on any atom is -0.478 e. The van der Waals surface area contributed by atoms with E-state index < -0.39 is 11.6 Å². The number of ether oxygens (including phenoxy) is 1. The van der Waals surface area contributed by atoms with Crippen LogP contribution in [0.1, 0.15) is 77.9 Å². The topological polar surface area (TPSA) is 87.2 Å². The number of carbonyl (C=O) groups excluding carboxylic acids is 2. The van der Waals surface area contributed by atoms with Gasteiger partial charge in [0.2, 0.25) is 0 Å². The number of likely N-dealkylation sites (tertiary alicyclic amines) is 1. The van der Waals surface area contributed by atoms with Crippen LogP contribution >= 0.6 is 0 Å². The van der Waals surface area contributed by atoms with Gasteiger partial charge in [0.05, 0.1) is 11.6 Å². The molecular weight excluding hydrogens is 552 g/mol. The molecule has 1 saturated heterocycles. The molecule has 1 aliphatic rings. The van der Waals surface area contributed by atoms with Gasteiger partial charge in [-0.05, 0) is 86.2 Å². The number of rotatable bonds is 7. The van der Waals surface area contributed by atoms with Crippen molar-refractivity contribution in [1.29, 1.82) is 0 Å². The zero-order valence-electron chi connectivity index (χ0n) is 25.8. The van der Waals surface area contributed by atoms with Gasteiger partial charge in [-0.3, -0.25) is 4.79 Å². The van der Waals surface area contributed by atoms with E-state index in [1.807, 2.05) is 67.0 Å². The smallest absolute Gasteiger partial charge is 0.410 e. The summed E-state index contributed by atoms with van der Waals surface area (Å²) in [5.74, 6) is -1.10. The molecule has 7 heteroatoms. The van der Waals surface area contributed by atoms with E-state index in [1.165, 1.54) is 12.1 Å². The molecule has 0 bridgehead atoms. The minimum atomic E-state index is -1.03. The highest BCUT2D eigenvalue weighted by Crippen LogP contribution is 2.37. The number of fused-ring (bicyclic) bond motifs is 1. The van der Waals surface area contributed by atoms with E-state index in [0.717, 1.165) is 21.9 Å². The standard InChI is InChI=1S/C37H40N2O5/c1-25(31-16-10-14-26-13-8-9-15-32(26)31)39(36(43)44-37(2,3)4)23-30-21-22-38(24-33(30)27-11-6-5-7-12-27)34(40)28-17-19-29(20-18-28)35(41)42/h5-20,25,30,33H,21-24H2,1-4H3,(H,41,42)/t25-,30?,33?/m1/s1. The molecule has 1 heterocycles. The lowest BCUT2D eigenvalue weighted by molar-refractivity contribution is 0.00909. The van der Waals surface area contributed by atoms with Gasteiger partial charge in [-0.25, -0.2) is 9.59 Å². The van der Waals surface area contributed by atoms with Crippen LogP contribution in [0.15, 0.2) is 97.1 Å². The van der Waals surface area contributed by atoms with E-state index >= 15 is 0 Å². The van der Waals surface area contributed by atoms with Crippen LogP contribution in [0.25, 0.3) is 10.8 Å². The summed E-state index contributed by atoms with van der Waals surface area (Å²) in [4.78, 5) is 42.4. The molecule has 44 heavy (non-hydrogen) atoms. The van der Waals surface area contributed by atoms with Crippen molar-refractivity contribution in [1.82, 2.24) is 9.80 Å². The van der Waals surface area contributed by atoms with Gasteiger partial charge in [0.1, 0.15) is 5.60 Å². The summed E-state index contributed by atoms with van der Waals surface area (Å²) in [5.41, 5.74) is 2.12. The SMILES string of the molecule is C[C@H](c1cccc2ccccc12)N(CC1CCN(C(=O)c2ccc(C(=O)O)cc2)CC1c1ccccc1)C(=O)OC(C)(C)C. The van der Waals surface area contributed by atoms with Crippen LogP contribution in [0.2, 0.25) is 0 Å². The summed E-state index contributed by atoms with van der Waals surface area (Å²) in [6.45, 7) is 9.18. The molecule has 0 spiro atoms. The molecule has 4 aromatic rings. The molecule has 2 amide bonds. The first-order chi connectivity index (χ1) is 21.0. The first kappa shape index (κ1) is 30.8. The average Bonchev–Trinajstić information content (AvgIpc) is 3.02. The zero-order chi connectivity index (χ0) is 31.4. The number of nitrogens with zero attached hydrogens (tertiary/aromatic N) is 2. The molecule has 0 aliphatic carbocycles. The normalized spacial score (nSPS) is 17.6. The van der Waals surface area contributed by atoms with E-state index in [1.54, 1.807) is 12.1 Å². The van der Waals surface area contributed by atoms with Gasteiger partial charge in [0.25, 0.3) is 5.91 Å². The molecule has 0 saturated carbocycles. The van der Waals surface area contributed by atoms with Crippen LogP contribution in [0, 0.1) is 5.92 Å². The number of piperidine rings is 1. The third-order valence-corrected chi connectivity index (χ3v) is 8.45. The number of amides is 2. The molecule has 4 aromatic carbocycles. The molecule has 1 fully saturated rings. The Morgan fingerprint density at radius 1 is 0.886 bits per heavy atom. The van der Waals surface area contributed by atoms with Gasteiger partial charge in [-0.2, -0.15) is 0 Å². The van der Waals surface area contributed by atoms with Gasteiger partial charge >= 0.3 is 12.1 Å². The lowest BCUT2D eigenvalue weighted by Crippen LogP contribution is -2.48. The molecule has 0 radical (unpaired) electrons. The highest BCUT2D eigenvalue weighted by atomic mass is 16.6. The highest BCUT2D eigenvalue weighted by molar-refractivity contribution is 5.96. The molecule has 2 unspecified atom stereocenters. The van der Waals surface area contributed by atoms with Crippen molar-refractivity contribution in [2.75, 3.05) is 19.6 Å². The van der Waals surface area contributed by atoms with E-state index in [9.17, 15) is 19.5 Å². The first-order valence-corrected chi connectivity index (χ1v) is 15.2. The van der Waals surface area contributed by atoms with Gasteiger partial charge in [0.15, 0.2) is 0 Å². The van der Waals surface area contributed by atoms with Crippen LogP contribution in [0.5, 0.6) is 0 Å². The average molecular weight is 593 g/mol. The third-order valence-electron chi connectivity index (χ3n) is 8.45. The number of carboxylic acid groups (broad SMARTS) is 1. The lowest BCUT2D eigenvalue weighted by Gasteiger charge is -2.42. The largest absolute Gasteiger partial charge is 0.478 e. The van der Waals surface area contributed by atoms with Crippen LogP contribution in [-0.2, 0) is 4.74 Å². The maximum absolute atomic E-state index is 13.9. The van der Waals surface area contributed by atoms with Crippen LogP contribution < -0.4 is 0 Å². The molecule has 228 valence electrons. The number of aromatic carboxylic acids is 1. The van der Waals surface area contributed by atoms with Crippen LogP contribution in [0.3, 0.4) is 0 Å². The molecule has 1 aliphatic heterocycles. The Morgan fingerprint density at radius 2 is 1.52 bits per heavy atom. The van der Waals surface area contributed by atoms with E-state index in [2.05, 4.69) is 43.3 Å². The predicted octanol–water partition coefficient (Wildman–Crippen LogP) is 7.78. The number of hydrogen-bond donors (Lipinski definition) is 1. The summed E-state index contributed by atoms with van der Waals surface area (Å²) < 4.78 is 5.96. The van der Waals surface area contributed by atoms with Crippen LogP contribution in [0.4, 0.5) is 4.79 Å². The van der Waals surface area contributed by atoms with Gasteiger partial charge < -0.3 is 19.6 Å². The van der Waals surface area contributed by atoms with Crippen molar-refractivity contribution >= 4 is 28.7 Å². The molecule has 1 N–H and O–H groups in total. The van der Waals surface area contributed by atoms with E-state index in [-0.39, 0.29) is 35.4 Å². The summed E-state index contributed by atoms with van der Waals surface area (Å²) >= 11 is 0. The maximum atomic E-state index is 13.9. The van der Waals surface area contributed by atoms with E-state index in [4.69, 9.17) is 4.74 Å². The summed E-state index contributed by atoms with van der Waals surface area (Å²) in [5, 5.41) is 11.5. The molecule has 7 nitrogen and oxygen atoms in total. The molecule has 0 aromatic heterocycles. The Morgan fingerprint density at radius 3 is 2.20 bits per heavy atom. The van der Waals surface area contributed by atoms with Gasteiger partial charge in [-0.15, -0.1) is 0 Å². The lowest BCUT2D eigenvalue weighted by atomic mass is 9.80. The fourth-order valence-corrected chi connectivity index (χ4v) is 6.17. The first-order valence-electron chi connectivity index (χ1n) is 15.2. The summed E-state index contributed by atoms with van der Waals surface area (Å²) in [7, 11) is 0. The second-order valence-corrected chi connectivity index (χ2v) is 12.6. The van der Waals surface area contributed by atoms with Crippen molar-refractivity contribution in [3.05, 3.63) is 119 Å². The fraction of sp³-hybridized carbons (Fsp3) is 0.324. The minimum absolute atomic E-state index is 0.0168. The molecule has 3 atom stereocenters. The molecule has 5 rings (SSSR count). The second-order valence-electron chi connectivity index (χ2n) is 12.6. The van der Waals surface area contributed by atoms with Gasteiger partial charge in [0, 0.05) is 31.1 Å².